The van der Waals surface area contributed by atoms with E-state index in [0.717, 1.165) is 62.8 Å². The molecule has 4 rings (SSSR count). The number of ether oxygens (including phenoxy) is 1. The molecule has 184 valence electrons. The number of allylic oxidation sites excluding steroid dienone is 1. The first-order chi connectivity index (χ1) is 16.5. The average Bonchev–Trinajstić information content (AvgIpc) is 2.86. The van der Waals surface area contributed by atoms with Crippen molar-refractivity contribution < 1.29 is 17.9 Å². The standard InChI is InChI=1S/C30H37F3O/c1-3-20-7-12-23(13-8-20)25-16-17-26(30(33)29(25)32)24-14-9-21(10-15-24)5-6-22-11-18-28(34-4-2)27(31)19-22/h5-6,11,16-21,23-24H,3-4,7-10,12-15H2,1-2H3/b6-5+. The molecule has 0 unspecified atom stereocenters. The van der Waals surface area contributed by atoms with Crippen LogP contribution in [0.1, 0.15) is 100 Å². The van der Waals surface area contributed by atoms with Gasteiger partial charge < -0.3 is 4.74 Å². The number of hydrogen-bond donors (Lipinski definition) is 0. The minimum absolute atomic E-state index is 0.0620. The quantitative estimate of drug-likeness (QED) is 0.392. The molecule has 0 aliphatic heterocycles. The fourth-order valence-electron chi connectivity index (χ4n) is 5.85. The predicted octanol–water partition coefficient (Wildman–Crippen LogP) is 9.17. The van der Waals surface area contributed by atoms with Crippen LogP contribution in [-0.2, 0) is 0 Å². The van der Waals surface area contributed by atoms with Gasteiger partial charge in [0.05, 0.1) is 6.61 Å². The highest BCUT2D eigenvalue weighted by Crippen LogP contribution is 2.42. The van der Waals surface area contributed by atoms with Crippen molar-refractivity contribution in [2.45, 2.75) is 83.5 Å². The highest BCUT2D eigenvalue weighted by molar-refractivity contribution is 5.51. The van der Waals surface area contributed by atoms with Gasteiger partial charge in [-0.2, -0.15) is 0 Å². The summed E-state index contributed by atoms with van der Waals surface area (Å²) in [5.74, 6) is -0.00310. The summed E-state index contributed by atoms with van der Waals surface area (Å²) in [5.41, 5.74) is 1.93. The molecule has 0 aromatic heterocycles. The maximum absolute atomic E-state index is 15.1. The lowest BCUT2D eigenvalue weighted by Crippen LogP contribution is -2.16. The van der Waals surface area contributed by atoms with Crippen molar-refractivity contribution in [3.05, 3.63) is 70.5 Å². The molecule has 1 nitrogen and oxygen atoms in total. The van der Waals surface area contributed by atoms with Crippen molar-refractivity contribution in [3.63, 3.8) is 0 Å². The lowest BCUT2D eigenvalue weighted by Gasteiger charge is -2.30. The third-order valence-electron chi connectivity index (χ3n) is 8.03. The van der Waals surface area contributed by atoms with Gasteiger partial charge in [0.1, 0.15) is 0 Å². The molecule has 2 aromatic carbocycles. The second-order valence-corrected chi connectivity index (χ2v) is 10.1. The van der Waals surface area contributed by atoms with E-state index in [1.165, 1.54) is 12.5 Å². The first kappa shape index (κ1) is 24.9. The number of halogens is 3. The van der Waals surface area contributed by atoms with Crippen molar-refractivity contribution in [2.24, 2.45) is 11.8 Å². The smallest absolute Gasteiger partial charge is 0.165 e. The van der Waals surface area contributed by atoms with Gasteiger partial charge in [-0.3, -0.25) is 0 Å². The lowest BCUT2D eigenvalue weighted by molar-refractivity contribution is 0.311. The fraction of sp³-hybridized carbons (Fsp3) is 0.533. The zero-order valence-corrected chi connectivity index (χ0v) is 20.5. The van der Waals surface area contributed by atoms with Gasteiger partial charge in [0, 0.05) is 0 Å². The van der Waals surface area contributed by atoms with Crippen molar-refractivity contribution in [2.75, 3.05) is 6.61 Å². The van der Waals surface area contributed by atoms with Crippen LogP contribution in [0, 0.1) is 29.3 Å². The fourth-order valence-corrected chi connectivity index (χ4v) is 5.85. The Hall–Kier alpha value is -2.23. The molecule has 4 heteroatoms. The van der Waals surface area contributed by atoms with Gasteiger partial charge in [-0.15, -0.1) is 0 Å². The van der Waals surface area contributed by atoms with Crippen LogP contribution in [0.15, 0.2) is 36.4 Å². The number of benzene rings is 2. The molecule has 2 aliphatic carbocycles. The highest BCUT2D eigenvalue weighted by Gasteiger charge is 2.29. The van der Waals surface area contributed by atoms with Crippen LogP contribution in [0.4, 0.5) is 13.2 Å². The molecule has 0 heterocycles. The summed E-state index contributed by atoms with van der Waals surface area (Å²) in [7, 11) is 0. The Morgan fingerprint density at radius 1 is 0.794 bits per heavy atom. The molecule has 2 aliphatic rings. The van der Waals surface area contributed by atoms with E-state index in [1.54, 1.807) is 6.07 Å². The first-order valence-corrected chi connectivity index (χ1v) is 13.1. The number of rotatable bonds is 7. The highest BCUT2D eigenvalue weighted by atomic mass is 19.2. The van der Waals surface area contributed by atoms with Gasteiger partial charge in [0.2, 0.25) is 0 Å². The molecule has 0 amide bonds. The maximum atomic E-state index is 15.1. The zero-order valence-electron chi connectivity index (χ0n) is 20.5. The molecule has 0 bridgehead atoms. The summed E-state index contributed by atoms with van der Waals surface area (Å²) in [6, 6.07) is 8.71. The summed E-state index contributed by atoms with van der Waals surface area (Å²) in [5, 5.41) is 0. The molecule has 2 saturated carbocycles. The molecular weight excluding hydrogens is 433 g/mol. The van der Waals surface area contributed by atoms with Gasteiger partial charge >= 0.3 is 0 Å². The SMILES string of the molecule is CCOc1ccc(/C=C/C2CCC(c3ccc(C4CCC(CC)CC4)c(F)c3F)CC2)cc1F. The molecular formula is C30H37F3O. The zero-order chi connectivity index (χ0) is 24.1. The normalized spacial score (nSPS) is 25.6. The third kappa shape index (κ3) is 5.70. The molecule has 0 spiro atoms. The monoisotopic (exact) mass is 470 g/mol. The Morgan fingerprint density at radius 2 is 1.38 bits per heavy atom. The van der Waals surface area contributed by atoms with E-state index in [-0.39, 0.29) is 23.4 Å². The summed E-state index contributed by atoms with van der Waals surface area (Å²) < 4.78 is 49.5. The van der Waals surface area contributed by atoms with Crippen molar-refractivity contribution >= 4 is 6.08 Å². The van der Waals surface area contributed by atoms with Gasteiger partial charge in [0.15, 0.2) is 23.2 Å². The summed E-state index contributed by atoms with van der Waals surface area (Å²) in [6.45, 7) is 4.48. The minimum Gasteiger partial charge on any atom is -0.491 e. The van der Waals surface area contributed by atoms with Crippen LogP contribution >= 0.6 is 0 Å². The van der Waals surface area contributed by atoms with Gasteiger partial charge in [-0.25, -0.2) is 13.2 Å². The Labute approximate surface area is 202 Å². The minimum atomic E-state index is -0.626. The van der Waals surface area contributed by atoms with Gasteiger partial charge in [-0.1, -0.05) is 43.7 Å². The molecule has 0 radical (unpaired) electrons. The maximum Gasteiger partial charge on any atom is 0.165 e. The van der Waals surface area contributed by atoms with E-state index in [0.29, 0.717) is 23.7 Å². The molecule has 0 N–H and O–H groups in total. The van der Waals surface area contributed by atoms with E-state index in [9.17, 15) is 4.39 Å². The Kier molecular flexibility index (Phi) is 8.39. The van der Waals surface area contributed by atoms with Crippen LogP contribution in [-0.4, -0.2) is 6.61 Å². The van der Waals surface area contributed by atoms with E-state index in [2.05, 4.69) is 13.0 Å². The van der Waals surface area contributed by atoms with Gasteiger partial charge in [-0.05, 0) is 111 Å². The summed E-state index contributed by atoms with van der Waals surface area (Å²) in [4.78, 5) is 0. The van der Waals surface area contributed by atoms with Crippen LogP contribution in [0.5, 0.6) is 5.75 Å². The van der Waals surface area contributed by atoms with Crippen LogP contribution < -0.4 is 4.74 Å². The predicted molar refractivity (Wildman–Crippen MR) is 133 cm³/mol. The van der Waals surface area contributed by atoms with E-state index < -0.39 is 11.6 Å². The molecule has 2 fully saturated rings. The first-order valence-electron chi connectivity index (χ1n) is 13.1. The van der Waals surface area contributed by atoms with E-state index in [1.807, 2.05) is 31.2 Å². The van der Waals surface area contributed by atoms with Crippen LogP contribution in [0.25, 0.3) is 6.08 Å². The Bertz CT molecular complexity index is 983. The molecule has 0 atom stereocenters. The molecule has 2 aromatic rings. The summed E-state index contributed by atoms with van der Waals surface area (Å²) in [6.07, 6.45) is 12.9. The average molecular weight is 471 g/mol. The number of hydrogen-bond acceptors (Lipinski definition) is 1. The summed E-state index contributed by atoms with van der Waals surface area (Å²) >= 11 is 0. The lowest BCUT2D eigenvalue weighted by atomic mass is 9.75. The molecule has 34 heavy (non-hydrogen) atoms. The van der Waals surface area contributed by atoms with Gasteiger partial charge in [0.25, 0.3) is 0 Å². The Balaban J connectivity index is 1.35. The molecule has 0 saturated heterocycles. The second-order valence-electron chi connectivity index (χ2n) is 10.1. The third-order valence-corrected chi connectivity index (χ3v) is 8.03. The Morgan fingerprint density at radius 3 is 1.91 bits per heavy atom. The van der Waals surface area contributed by atoms with Crippen LogP contribution in [0.3, 0.4) is 0 Å². The topological polar surface area (TPSA) is 9.23 Å². The van der Waals surface area contributed by atoms with E-state index in [4.69, 9.17) is 4.74 Å². The second kappa shape index (κ2) is 11.5. The largest absolute Gasteiger partial charge is 0.491 e. The van der Waals surface area contributed by atoms with Crippen molar-refractivity contribution in [1.82, 2.24) is 0 Å². The van der Waals surface area contributed by atoms with E-state index >= 15 is 8.78 Å². The van der Waals surface area contributed by atoms with Crippen molar-refractivity contribution in [3.8, 4) is 5.75 Å². The van der Waals surface area contributed by atoms with Crippen LogP contribution in [0.2, 0.25) is 0 Å². The van der Waals surface area contributed by atoms with Crippen molar-refractivity contribution in [1.29, 1.82) is 0 Å².